The van der Waals surface area contributed by atoms with Crippen LogP contribution in [0.4, 0.5) is 4.39 Å². The van der Waals surface area contributed by atoms with E-state index in [9.17, 15) is 9.18 Å². The number of nitrogens with one attached hydrogen (secondary N) is 1. The fourth-order valence-electron chi connectivity index (χ4n) is 1.76. The lowest BCUT2D eigenvalue weighted by Gasteiger charge is -2.07. The summed E-state index contributed by atoms with van der Waals surface area (Å²) in [5.74, 6) is 0.0850. The van der Waals surface area contributed by atoms with Gasteiger partial charge in [0.05, 0.1) is 6.54 Å². The largest absolute Gasteiger partial charge is 0.492 e. The lowest BCUT2D eigenvalue weighted by Crippen LogP contribution is -2.31. The molecule has 0 aliphatic rings. The number of oxime groups is 1. The number of rotatable bonds is 8. The zero-order chi connectivity index (χ0) is 17.2. The highest BCUT2D eigenvalue weighted by molar-refractivity contribution is 5.97. The molecule has 0 heterocycles. The SMILES string of the molecule is N/C(=N\OCC(=O)NCCOc1ccccc1)c1ccc(F)cc1. The molecule has 0 aromatic heterocycles. The Kier molecular flexibility index (Phi) is 6.58. The van der Waals surface area contributed by atoms with Gasteiger partial charge in [-0.2, -0.15) is 0 Å². The number of hydrogen-bond acceptors (Lipinski definition) is 4. The Labute approximate surface area is 139 Å². The predicted molar refractivity (Wildman–Crippen MR) is 88.0 cm³/mol. The van der Waals surface area contributed by atoms with Crippen LogP contribution in [0.5, 0.6) is 5.75 Å². The summed E-state index contributed by atoms with van der Waals surface area (Å²) >= 11 is 0. The van der Waals surface area contributed by atoms with E-state index in [2.05, 4.69) is 10.5 Å². The van der Waals surface area contributed by atoms with Crippen LogP contribution in [0.1, 0.15) is 5.56 Å². The third-order valence-corrected chi connectivity index (χ3v) is 2.93. The van der Waals surface area contributed by atoms with E-state index in [0.717, 1.165) is 5.75 Å². The maximum atomic E-state index is 12.8. The number of hydrogen-bond donors (Lipinski definition) is 2. The number of benzene rings is 2. The van der Waals surface area contributed by atoms with Crippen molar-refractivity contribution in [3.05, 3.63) is 66.0 Å². The van der Waals surface area contributed by atoms with Crippen LogP contribution in [0.2, 0.25) is 0 Å². The fourth-order valence-corrected chi connectivity index (χ4v) is 1.76. The summed E-state index contributed by atoms with van der Waals surface area (Å²) in [6.07, 6.45) is 0. The van der Waals surface area contributed by atoms with E-state index >= 15 is 0 Å². The number of halogens is 1. The second-order valence-corrected chi connectivity index (χ2v) is 4.77. The molecule has 0 saturated heterocycles. The molecule has 0 bridgehead atoms. The van der Waals surface area contributed by atoms with Crippen molar-refractivity contribution in [1.29, 1.82) is 0 Å². The molecule has 126 valence electrons. The van der Waals surface area contributed by atoms with Gasteiger partial charge in [-0.15, -0.1) is 0 Å². The number of para-hydroxylation sites is 1. The maximum absolute atomic E-state index is 12.8. The Morgan fingerprint density at radius 3 is 2.54 bits per heavy atom. The molecular formula is C17H18FN3O3. The molecule has 0 saturated carbocycles. The van der Waals surface area contributed by atoms with Crippen molar-refractivity contribution in [3.63, 3.8) is 0 Å². The molecule has 0 fully saturated rings. The lowest BCUT2D eigenvalue weighted by molar-refractivity contribution is -0.125. The summed E-state index contributed by atoms with van der Waals surface area (Å²) in [5.41, 5.74) is 6.18. The highest BCUT2D eigenvalue weighted by Gasteiger charge is 2.03. The zero-order valence-electron chi connectivity index (χ0n) is 12.9. The van der Waals surface area contributed by atoms with Crippen molar-refractivity contribution in [2.75, 3.05) is 19.8 Å². The van der Waals surface area contributed by atoms with E-state index in [0.29, 0.717) is 18.7 Å². The lowest BCUT2D eigenvalue weighted by atomic mass is 10.2. The first-order valence-electron chi connectivity index (χ1n) is 7.31. The van der Waals surface area contributed by atoms with Crippen molar-refractivity contribution in [2.24, 2.45) is 10.9 Å². The molecule has 0 aliphatic heterocycles. The van der Waals surface area contributed by atoms with E-state index in [1.807, 2.05) is 30.3 Å². The van der Waals surface area contributed by atoms with Crippen LogP contribution in [-0.2, 0) is 9.63 Å². The average Bonchev–Trinajstić information content (AvgIpc) is 2.60. The molecule has 0 atom stereocenters. The Balaban J connectivity index is 1.64. The van der Waals surface area contributed by atoms with E-state index in [1.165, 1.54) is 24.3 Å². The minimum Gasteiger partial charge on any atom is -0.492 e. The standard InChI is InChI=1S/C17H18FN3O3/c18-14-8-6-13(7-9-14)17(19)21-24-12-16(22)20-10-11-23-15-4-2-1-3-5-15/h1-9H,10-12H2,(H2,19,21)(H,20,22). The number of carbonyl (C=O) groups is 1. The predicted octanol–water partition coefficient (Wildman–Crippen LogP) is 1.66. The molecule has 3 N–H and O–H groups in total. The van der Waals surface area contributed by atoms with E-state index < -0.39 is 0 Å². The number of nitrogens with zero attached hydrogens (tertiary/aromatic N) is 1. The normalized spacial score (nSPS) is 11.0. The van der Waals surface area contributed by atoms with Gasteiger partial charge in [0, 0.05) is 5.56 Å². The minimum absolute atomic E-state index is 0.0650. The molecule has 1 amide bonds. The maximum Gasteiger partial charge on any atom is 0.260 e. The summed E-state index contributed by atoms with van der Waals surface area (Å²) in [4.78, 5) is 16.4. The summed E-state index contributed by atoms with van der Waals surface area (Å²) in [7, 11) is 0. The van der Waals surface area contributed by atoms with Crippen molar-refractivity contribution in [2.45, 2.75) is 0 Å². The minimum atomic E-state index is -0.371. The van der Waals surface area contributed by atoms with Crippen molar-refractivity contribution >= 4 is 11.7 Å². The molecule has 6 nitrogen and oxygen atoms in total. The van der Waals surface area contributed by atoms with Crippen LogP contribution < -0.4 is 15.8 Å². The molecule has 0 radical (unpaired) electrons. The molecule has 24 heavy (non-hydrogen) atoms. The number of ether oxygens (including phenoxy) is 1. The smallest absolute Gasteiger partial charge is 0.260 e. The van der Waals surface area contributed by atoms with Crippen LogP contribution in [-0.4, -0.2) is 31.5 Å². The number of carbonyl (C=O) groups excluding carboxylic acids is 1. The molecule has 2 rings (SSSR count). The fraction of sp³-hybridized carbons (Fsp3) is 0.176. The zero-order valence-corrected chi connectivity index (χ0v) is 12.9. The van der Waals surface area contributed by atoms with Gasteiger partial charge in [-0.3, -0.25) is 4.79 Å². The first-order valence-corrected chi connectivity index (χ1v) is 7.31. The van der Waals surface area contributed by atoms with Gasteiger partial charge >= 0.3 is 0 Å². The second-order valence-electron chi connectivity index (χ2n) is 4.77. The van der Waals surface area contributed by atoms with Gasteiger partial charge in [0.25, 0.3) is 5.91 Å². The Morgan fingerprint density at radius 1 is 1.12 bits per heavy atom. The van der Waals surface area contributed by atoms with E-state index in [1.54, 1.807) is 0 Å². The third-order valence-electron chi connectivity index (χ3n) is 2.93. The van der Waals surface area contributed by atoms with E-state index in [-0.39, 0.29) is 24.2 Å². The van der Waals surface area contributed by atoms with Gasteiger partial charge in [-0.05, 0) is 36.4 Å². The van der Waals surface area contributed by atoms with Crippen molar-refractivity contribution in [3.8, 4) is 5.75 Å². The van der Waals surface area contributed by atoms with Gasteiger partial charge in [0.1, 0.15) is 18.2 Å². The Hall–Kier alpha value is -3.09. The monoisotopic (exact) mass is 331 g/mol. The molecule has 7 heteroatoms. The first kappa shape index (κ1) is 17.3. The van der Waals surface area contributed by atoms with Crippen LogP contribution in [0.3, 0.4) is 0 Å². The van der Waals surface area contributed by atoms with Gasteiger partial charge in [-0.25, -0.2) is 4.39 Å². The number of nitrogens with two attached hydrogens (primary N) is 1. The Bertz CT molecular complexity index is 675. The quantitative estimate of drug-likeness (QED) is 0.333. The van der Waals surface area contributed by atoms with Crippen LogP contribution in [0.15, 0.2) is 59.8 Å². The summed E-state index contributed by atoms with van der Waals surface area (Å²) in [6.45, 7) is 0.415. The molecule has 0 unspecified atom stereocenters. The first-order chi connectivity index (χ1) is 11.6. The average molecular weight is 331 g/mol. The molecule has 2 aromatic rings. The third kappa shape index (κ3) is 5.96. The Morgan fingerprint density at radius 2 is 1.83 bits per heavy atom. The van der Waals surface area contributed by atoms with E-state index in [4.69, 9.17) is 15.3 Å². The number of amides is 1. The van der Waals surface area contributed by atoms with Gasteiger partial charge in [-0.1, -0.05) is 23.4 Å². The molecular weight excluding hydrogens is 313 g/mol. The highest BCUT2D eigenvalue weighted by atomic mass is 19.1. The molecule has 0 spiro atoms. The van der Waals surface area contributed by atoms with Gasteiger partial charge < -0.3 is 20.6 Å². The highest BCUT2D eigenvalue weighted by Crippen LogP contribution is 2.07. The van der Waals surface area contributed by atoms with Crippen LogP contribution in [0.25, 0.3) is 0 Å². The van der Waals surface area contributed by atoms with Gasteiger partial charge in [0.15, 0.2) is 12.4 Å². The number of amidine groups is 1. The summed E-state index contributed by atoms with van der Waals surface area (Å²) in [6, 6.07) is 14.8. The van der Waals surface area contributed by atoms with Crippen molar-refractivity contribution in [1.82, 2.24) is 5.32 Å². The van der Waals surface area contributed by atoms with Crippen molar-refractivity contribution < 1.29 is 18.8 Å². The summed E-state index contributed by atoms with van der Waals surface area (Å²) < 4.78 is 18.2. The molecule has 2 aromatic carbocycles. The van der Waals surface area contributed by atoms with Crippen LogP contribution >= 0.6 is 0 Å². The molecule has 0 aliphatic carbocycles. The van der Waals surface area contributed by atoms with Gasteiger partial charge in [0.2, 0.25) is 0 Å². The topological polar surface area (TPSA) is 85.9 Å². The summed E-state index contributed by atoms with van der Waals surface area (Å²) in [5, 5.41) is 6.25. The second kappa shape index (κ2) is 9.14. The van der Waals surface area contributed by atoms with Crippen LogP contribution in [0, 0.1) is 5.82 Å².